The number of hydrogen-bond acceptors (Lipinski definition) is 2. The van der Waals surface area contributed by atoms with E-state index in [4.69, 9.17) is 0 Å². The van der Waals surface area contributed by atoms with Crippen molar-refractivity contribution in [2.75, 3.05) is 9.80 Å². The zero-order chi connectivity index (χ0) is 47.2. The molecule has 0 aliphatic carbocycles. The van der Waals surface area contributed by atoms with E-state index in [1.54, 1.807) is 0 Å². The van der Waals surface area contributed by atoms with E-state index in [1.807, 2.05) is 0 Å². The molecule has 0 amide bonds. The van der Waals surface area contributed by atoms with Crippen LogP contribution in [0.25, 0.3) is 67.4 Å². The zero-order valence-electron chi connectivity index (χ0n) is 39.5. The van der Waals surface area contributed by atoms with E-state index in [9.17, 15) is 0 Å². The van der Waals surface area contributed by atoms with E-state index in [-0.39, 0.29) is 0 Å². The second kappa shape index (κ2) is 19.7. The molecule has 0 aromatic heterocycles. The molecule has 0 aliphatic heterocycles. The smallest absolute Gasteiger partial charge is 0.0468 e. The van der Waals surface area contributed by atoms with Crippen LogP contribution in [-0.2, 0) is 0 Å². The predicted octanol–water partition coefficient (Wildman–Crippen LogP) is 19.2. The highest BCUT2D eigenvalue weighted by Crippen LogP contribution is 2.39. The van der Waals surface area contributed by atoms with E-state index in [1.165, 1.54) is 66.4 Å². The summed E-state index contributed by atoms with van der Waals surface area (Å²) in [5.74, 6) is 0. The SMILES string of the molecule is Cc1ccc(N(c2ccc(/C=C/c3ccc4cc(N(c5ccc(C)cc5)c5ccc(-c6ccc(-c7ccccc7)cc6)cc5)ccc4c3)cc2)c2ccc(-c3ccc(-c4ccccc4)cc3)cc2)cc1. The average molecular weight is 897 g/mol. The third-order valence-corrected chi connectivity index (χ3v) is 13.2. The van der Waals surface area contributed by atoms with Crippen LogP contribution in [0.1, 0.15) is 22.3 Å². The number of aryl methyl sites for hydroxylation is 2. The molecular formula is C68H52N2. The Morgan fingerprint density at radius 3 is 0.914 bits per heavy atom. The first kappa shape index (κ1) is 43.6. The molecule has 70 heavy (non-hydrogen) atoms. The second-order valence-electron chi connectivity index (χ2n) is 18.0. The Bertz CT molecular complexity index is 3520. The van der Waals surface area contributed by atoms with Gasteiger partial charge in [-0.05, 0) is 159 Å². The maximum Gasteiger partial charge on any atom is 0.0468 e. The first-order valence-corrected chi connectivity index (χ1v) is 24.0. The van der Waals surface area contributed by atoms with Crippen LogP contribution in [0.3, 0.4) is 0 Å². The van der Waals surface area contributed by atoms with E-state index in [2.05, 4.69) is 303 Å². The van der Waals surface area contributed by atoms with Gasteiger partial charge in [0, 0.05) is 34.1 Å². The van der Waals surface area contributed by atoms with Gasteiger partial charge in [0.05, 0.1) is 0 Å². The zero-order valence-corrected chi connectivity index (χ0v) is 39.5. The third kappa shape index (κ3) is 9.58. The Morgan fingerprint density at radius 1 is 0.229 bits per heavy atom. The summed E-state index contributed by atoms with van der Waals surface area (Å²) >= 11 is 0. The lowest BCUT2D eigenvalue weighted by Crippen LogP contribution is -2.09. The van der Waals surface area contributed by atoms with Crippen molar-refractivity contribution in [1.82, 2.24) is 0 Å². The molecule has 0 bridgehead atoms. The standard InChI is InChI=1S/C68H52N2/c1-49-13-36-63(37-14-49)69(66-42-31-59(32-43-66)57-27-23-55(24-28-57)53-9-5-3-6-10-53)65-40-20-51(21-41-65)17-18-52-19-22-62-48-68(46-35-61(62)47-52)70(64-38-15-50(2)16-39-64)67-44-33-60(34-45-67)58-29-25-56(26-30-58)54-11-7-4-8-12-54/h3-48H,1-2H3/b18-17+. The van der Waals surface area contributed by atoms with Crippen molar-refractivity contribution in [1.29, 1.82) is 0 Å². The number of benzene rings is 11. The topological polar surface area (TPSA) is 6.48 Å². The molecule has 0 saturated heterocycles. The molecule has 0 fully saturated rings. The second-order valence-corrected chi connectivity index (χ2v) is 18.0. The minimum absolute atomic E-state index is 1.10. The van der Waals surface area contributed by atoms with Crippen LogP contribution in [0, 0.1) is 13.8 Å². The predicted molar refractivity (Wildman–Crippen MR) is 300 cm³/mol. The summed E-state index contributed by atoms with van der Waals surface area (Å²) < 4.78 is 0. The van der Waals surface area contributed by atoms with Crippen molar-refractivity contribution in [2.45, 2.75) is 13.8 Å². The fourth-order valence-electron chi connectivity index (χ4n) is 9.28. The van der Waals surface area contributed by atoms with Crippen LogP contribution in [0.5, 0.6) is 0 Å². The highest BCUT2D eigenvalue weighted by molar-refractivity contribution is 5.92. The molecule has 0 N–H and O–H groups in total. The number of hydrogen-bond donors (Lipinski definition) is 0. The lowest BCUT2D eigenvalue weighted by atomic mass is 10.00. The molecule has 0 saturated carbocycles. The lowest BCUT2D eigenvalue weighted by molar-refractivity contribution is 1.27. The summed E-state index contributed by atoms with van der Waals surface area (Å²) in [6.07, 6.45) is 4.41. The summed E-state index contributed by atoms with van der Waals surface area (Å²) in [7, 11) is 0. The molecule has 11 rings (SSSR count). The molecule has 334 valence electrons. The average Bonchev–Trinajstić information content (AvgIpc) is 3.43. The molecule has 0 atom stereocenters. The summed E-state index contributed by atoms with van der Waals surface area (Å²) in [6.45, 7) is 4.27. The molecule has 0 aliphatic rings. The largest absolute Gasteiger partial charge is 0.311 e. The molecule has 0 spiro atoms. The van der Waals surface area contributed by atoms with Crippen LogP contribution in [0.15, 0.2) is 267 Å². The van der Waals surface area contributed by atoms with E-state index < -0.39 is 0 Å². The quantitative estimate of drug-likeness (QED) is 0.113. The van der Waals surface area contributed by atoms with Crippen LogP contribution in [0.2, 0.25) is 0 Å². The fourth-order valence-corrected chi connectivity index (χ4v) is 9.28. The van der Waals surface area contributed by atoms with Gasteiger partial charge in [0.1, 0.15) is 0 Å². The Balaban J connectivity index is 0.814. The Kier molecular flexibility index (Phi) is 12.3. The summed E-state index contributed by atoms with van der Waals surface area (Å²) in [6, 6.07) is 96.5. The summed E-state index contributed by atoms with van der Waals surface area (Å²) in [4.78, 5) is 4.67. The minimum Gasteiger partial charge on any atom is -0.311 e. The first-order chi connectivity index (χ1) is 34.5. The number of fused-ring (bicyclic) bond motifs is 1. The van der Waals surface area contributed by atoms with Gasteiger partial charge in [-0.3, -0.25) is 0 Å². The van der Waals surface area contributed by atoms with Gasteiger partial charge < -0.3 is 9.80 Å². The molecule has 11 aromatic rings. The Morgan fingerprint density at radius 2 is 0.500 bits per heavy atom. The van der Waals surface area contributed by atoms with E-state index in [0.717, 1.165) is 45.3 Å². The Hall–Kier alpha value is -8.98. The molecule has 0 radical (unpaired) electrons. The van der Waals surface area contributed by atoms with Crippen LogP contribution in [0.4, 0.5) is 34.1 Å². The molecular weight excluding hydrogens is 845 g/mol. The highest BCUT2D eigenvalue weighted by Gasteiger charge is 2.15. The monoisotopic (exact) mass is 896 g/mol. The molecule has 2 heteroatoms. The maximum absolute atomic E-state index is 2.35. The highest BCUT2D eigenvalue weighted by atomic mass is 15.1. The molecule has 0 unspecified atom stereocenters. The minimum atomic E-state index is 1.10. The van der Waals surface area contributed by atoms with Crippen molar-refractivity contribution in [3.05, 3.63) is 289 Å². The van der Waals surface area contributed by atoms with Gasteiger partial charge in [-0.15, -0.1) is 0 Å². The lowest BCUT2D eigenvalue weighted by Gasteiger charge is -2.26. The summed E-state index contributed by atoms with van der Waals surface area (Å²) in [5, 5.41) is 2.39. The maximum atomic E-state index is 2.35. The number of nitrogens with zero attached hydrogens (tertiary/aromatic N) is 2. The molecule has 2 nitrogen and oxygen atoms in total. The van der Waals surface area contributed by atoms with Crippen molar-refractivity contribution in [3.63, 3.8) is 0 Å². The van der Waals surface area contributed by atoms with Gasteiger partial charge in [0.15, 0.2) is 0 Å². The van der Waals surface area contributed by atoms with Gasteiger partial charge in [0.25, 0.3) is 0 Å². The normalized spacial score (nSPS) is 11.2. The van der Waals surface area contributed by atoms with E-state index in [0.29, 0.717) is 0 Å². The van der Waals surface area contributed by atoms with Gasteiger partial charge in [-0.25, -0.2) is 0 Å². The van der Waals surface area contributed by atoms with Gasteiger partial charge in [0.2, 0.25) is 0 Å². The van der Waals surface area contributed by atoms with Crippen molar-refractivity contribution >= 4 is 57.0 Å². The van der Waals surface area contributed by atoms with Crippen LogP contribution in [-0.4, -0.2) is 0 Å². The third-order valence-electron chi connectivity index (χ3n) is 13.2. The van der Waals surface area contributed by atoms with Gasteiger partial charge in [-0.1, -0.05) is 211 Å². The first-order valence-electron chi connectivity index (χ1n) is 24.0. The Labute approximate surface area is 412 Å². The van der Waals surface area contributed by atoms with Gasteiger partial charge >= 0.3 is 0 Å². The van der Waals surface area contributed by atoms with Crippen LogP contribution < -0.4 is 9.80 Å². The summed E-state index contributed by atoms with van der Waals surface area (Å²) in [5.41, 5.74) is 21.1. The van der Waals surface area contributed by atoms with Gasteiger partial charge in [-0.2, -0.15) is 0 Å². The van der Waals surface area contributed by atoms with Crippen LogP contribution >= 0.6 is 0 Å². The van der Waals surface area contributed by atoms with Crippen molar-refractivity contribution in [2.24, 2.45) is 0 Å². The van der Waals surface area contributed by atoms with Crippen molar-refractivity contribution in [3.8, 4) is 44.5 Å². The number of rotatable bonds is 12. The fraction of sp³-hybridized carbons (Fsp3) is 0.0294. The number of anilines is 6. The van der Waals surface area contributed by atoms with Crippen molar-refractivity contribution < 1.29 is 0 Å². The molecule has 11 aromatic carbocycles. The molecule has 0 heterocycles. The van der Waals surface area contributed by atoms with E-state index >= 15 is 0 Å².